The van der Waals surface area contributed by atoms with E-state index in [9.17, 15) is 9.90 Å². The zero-order valence-electron chi connectivity index (χ0n) is 28.0. The first-order valence-corrected chi connectivity index (χ1v) is 15.1. The first-order valence-electron chi connectivity index (χ1n) is 15.1. The Labute approximate surface area is 298 Å². The number of aliphatic hydroxyl groups excluding tert-OH is 1. The van der Waals surface area contributed by atoms with Crippen LogP contribution in [0.5, 0.6) is 0 Å². The summed E-state index contributed by atoms with van der Waals surface area (Å²) in [6.07, 6.45) is 6.45. The Bertz CT molecular complexity index is 2060. The maximum atomic E-state index is 12.5. The van der Waals surface area contributed by atoms with Gasteiger partial charge in [-0.3, -0.25) is 4.79 Å². The van der Waals surface area contributed by atoms with Gasteiger partial charge in [-0.25, -0.2) is 0 Å². The molecule has 0 radical (unpaired) electrons. The summed E-state index contributed by atoms with van der Waals surface area (Å²) in [6.45, 7) is 19.2. The highest BCUT2D eigenvalue weighted by molar-refractivity contribution is 5.94. The lowest BCUT2D eigenvalue weighted by atomic mass is 9.75. The summed E-state index contributed by atoms with van der Waals surface area (Å²) in [6, 6.07) is -0.744. The summed E-state index contributed by atoms with van der Waals surface area (Å²) in [7, 11) is 0. The molecule has 0 bridgehead atoms. The third-order valence-corrected chi connectivity index (χ3v) is 6.41. The minimum atomic E-state index is -0.881. The SMILES string of the molecule is C=CCC1O[C@@H](OC[C@H](NC(=O)C#CC#CC#CC#CC#CC#CC#CC#CC#CC#CC#CC#CC)[C@H](O)CC)C(C=C)[C@@H](C=C)[C@H]1C=C. The molecule has 2 N–H and O–H groups in total. The van der Waals surface area contributed by atoms with Gasteiger partial charge in [0.2, 0.25) is 0 Å². The van der Waals surface area contributed by atoms with Gasteiger partial charge in [-0.2, -0.15) is 0 Å². The molecule has 242 valence electrons. The van der Waals surface area contributed by atoms with Gasteiger partial charge in [-0.1, -0.05) is 37.1 Å². The van der Waals surface area contributed by atoms with Crippen molar-refractivity contribution in [2.24, 2.45) is 17.8 Å². The molecule has 0 aromatic carbocycles. The fourth-order valence-electron chi connectivity index (χ4n) is 4.17. The van der Waals surface area contributed by atoms with Crippen LogP contribution in [0.3, 0.4) is 0 Å². The van der Waals surface area contributed by atoms with Gasteiger partial charge in [0.25, 0.3) is 5.91 Å². The zero-order chi connectivity index (χ0) is 36.7. The Hall–Kier alpha value is -6.97. The topological polar surface area (TPSA) is 67.8 Å². The summed E-state index contributed by atoms with van der Waals surface area (Å²) in [5.74, 6) is 59.1. The van der Waals surface area contributed by atoms with Crippen molar-refractivity contribution in [2.45, 2.75) is 51.2 Å². The molecule has 0 aliphatic carbocycles. The smallest absolute Gasteiger partial charge is 0.297 e. The number of allylic oxidation sites excluding steroid dienone is 1. The number of aliphatic hydroxyl groups is 1. The van der Waals surface area contributed by atoms with E-state index in [2.05, 4.69) is 174 Å². The van der Waals surface area contributed by atoms with E-state index in [0.717, 1.165) is 0 Å². The van der Waals surface area contributed by atoms with Crippen LogP contribution in [-0.2, 0) is 14.3 Å². The molecule has 1 fully saturated rings. The number of nitrogens with one attached hydrogen (secondary N) is 1. The summed E-state index contributed by atoms with van der Waals surface area (Å²) >= 11 is 0. The third kappa shape index (κ3) is 17.1. The molecule has 1 heterocycles. The van der Waals surface area contributed by atoms with Gasteiger partial charge in [0.15, 0.2) is 6.29 Å². The van der Waals surface area contributed by atoms with E-state index in [1.807, 2.05) is 12.2 Å². The van der Waals surface area contributed by atoms with Crippen LogP contribution in [-0.4, -0.2) is 42.2 Å². The highest BCUT2D eigenvalue weighted by Crippen LogP contribution is 2.39. The molecule has 0 aromatic rings. The van der Waals surface area contributed by atoms with Crippen LogP contribution in [0.25, 0.3) is 0 Å². The zero-order valence-corrected chi connectivity index (χ0v) is 28.0. The number of rotatable bonds is 11. The highest BCUT2D eigenvalue weighted by atomic mass is 16.7. The van der Waals surface area contributed by atoms with Gasteiger partial charge >= 0.3 is 0 Å². The Morgan fingerprint density at radius 1 is 0.700 bits per heavy atom. The van der Waals surface area contributed by atoms with E-state index in [1.165, 1.54) is 0 Å². The molecule has 2 unspecified atom stereocenters. The Morgan fingerprint density at radius 2 is 1.12 bits per heavy atom. The standard InChI is InChI=1S/C45H33NO4/c1-7-13-14-15-16-17-18-19-20-21-22-23-24-25-26-27-28-29-30-31-32-33-34-36-44(48)46-41(42(47)12-6)37-49-45-40(11-5)38(9-3)39(10-4)43(50-45)35-8-2/h8-11,38-43,45,47H,2-5,12,35,37H2,1,6H3,(H,46,48)/t38-,39+,40?,41-,42+,43?,45+/m0/s1. The summed E-state index contributed by atoms with van der Waals surface area (Å²) < 4.78 is 12.3. The molecule has 0 saturated carbocycles. The first kappa shape index (κ1) is 41.1. The minimum Gasteiger partial charge on any atom is -0.391 e. The van der Waals surface area contributed by atoms with E-state index >= 15 is 0 Å². The van der Waals surface area contributed by atoms with E-state index in [-0.39, 0.29) is 30.5 Å². The molecule has 0 spiro atoms. The van der Waals surface area contributed by atoms with E-state index < -0.39 is 24.3 Å². The molecule has 1 saturated heterocycles. The molecular weight excluding hydrogens is 618 g/mol. The van der Waals surface area contributed by atoms with Crippen LogP contribution >= 0.6 is 0 Å². The second-order valence-electron chi connectivity index (χ2n) is 9.52. The van der Waals surface area contributed by atoms with Crippen LogP contribution in [0.4, 0.5) is 0 Å². The van der Waals surface area contributed by atoms with Crippen molar-refractivity contribution in [3.63, 3.8) is 0 Å². The normalized spacial score (nSPS) is 17.9. The maximum Gasteiger partial charge on any atom is 0.297 e. The van der Waals surface area contributed by atoms with Crippen molar-refractivity contribution >= 4 is 5.91 Å². The lowest BCUT2D eigenvalue weighted by Crippen LogP contribution is -2.50. The van der Waals surface area contributed by atoms with Crippen molar-refractivity contribution in [1.82, 2.24) is 5.32 Å². The molecule has 5 nitrogen and oxygen atoms in total. The van der Waals surface area contributed by atoms with Gasteiger partial charge < -0.3 is 19.9 Å². The van der Waals surface area contributed by atoms with Gasteiger partial charge in [-0.15, -0.1) is 26.3 Å². The number of ether oxygens (including phenoxy) is 2. The number of hydrogen-bond acceptors (Lipinski definition) is 4. The molecule has 1 amide bonds. The fourth-order valence-corrected chi connectivity index (χ4v) is 4.17. The average Bonchev–Trinajstić information content (AvgIpc) is 3.12. The number of carbonyl (C=O) groups is 1. The molecule has 50 heavy (non-hydrogen) atoms. The van der Waals surface area contributed by atoms with Crippen molar-refractivity contribution in [2.75, 3.05) is 6.61 Å². The van der Waals surface area contributed by atoms with Crippen molar-refractivity contribution < 1.29 is 19.4 Å². The first-order chi connectivity index (χ1) is 24.5. The van der Waals surface area contributed by atoms with Crippen LogP contribution in [0.2, 0.25) is 0 Å². The van der Waals surface area contributed by atoms with E-state index in [4.69, 9.17) is 9.47 Å². The molecule has 1 rings (SSSR count). The molecule has 5 heteroatoms. The van der Waals surface area contributed by atoms with Crippen molar-refractivity contribution in [3.8, 4) is 142 Å². The lowest BCUT2D eigenvalue weighted by molar-refractivity contribution is -0.236. The van der Waals surface area contributed by atoms with Crippen LogP contribution in [0.15, 0.2) is 50.6 Å². The molecule has 7 atom stereocenters. The second-order valence-corrected chi connectivity index (χ2v) is 9.52. The Kier molecular flexibility index (Phi) is 22.3. The molecule has 1 aliphatic rings. The highest BCUT2D eigenvalue weighted by Gasteiger charge is 2.42. The van der Waals surface area contributed by atoms with Gasteiger partial charge in [0, 0.05) is 53.3 Å². The summed E-state index contributed by atoms with van der Waals surface area (Å²) in [5.41, 5.74) is 0. The van der Waals surface area contributed by atoms with Gasteiger partial charge in [0.1, 0.15) is 0 Å². The van der Waals surface area contributed by atoms with Gasteiger partial charge in [-0.05, 0) is 120 Å². The fraction of sp³-hybridized carbons (Fsp3) is 0.267. The van der Waals surface area contributed by atoms with E-state index in [1.54, 1.807) is 26.0 Å². The minimum absolute atomic E-state index is 0.00222. The summed E-state index contributed by atoms with van der Waals surface area (Å²) in [4.78, 5) is 12.5. The molecular formula is C45H33NO4. The van der Waals surface area contributed by atoms with Gasteiger partial charge in [0.05, 0.1) is 24.9 Å². The third-order valence-electron chi connectivity index (χ3n) is 6.41. The van der Waals surface area contributed by atoms with Crippen molar-refractivity contribution in [3.05, 3.63) is 50.6 Å². The number of carbonyl (C=O) groups excluding carboxylic acids is 1. The monoisotopic (exact) mass is 651 g/mol. The number of amides is 1. The summed E-state index contributed by atoms with van der Waals surface area (Å²) in [5, 5.41) is 13.2. The predicted molar refractivity (Wildman–Crippen MR) is 198 cm³/mol. The van der Waals surface area contributed by atoms with Crippen LogP contribution in [0.1, 0.15) is 26.7 Å². The van der Waals surface area contributed by atoms with E-state index in [0.29, 0.717) is 12.8 Å². The van der Waals surface area contributed by atoms with Crippen LogP contribution < -0.4 is 5.32 Å². The Balaban J connectivity index is 2.70. The maximum absolute atomic E-state index is 12.5. The molecule has 0 aromatic heterocycles. The Morgan fingerprint density at radius 3 is 1.50 bits per heavy atom. The van der Waals surface area contributed by atoms with Crippen molar-refractivity contribution in [1.29, 1.82) is 0 Å². The number of hydrogen-bond donors (Lipinski definition) is 2. The second kappa shape index (κ2) is 27.2. The predicted octanol–water partition coefficient (Wildman–Crippen LogP) is 3.03. The quantitative estimate of drug-likeness (QED) is 0.267. The van der Waals surface area contributed by atoms with Crippen LogP contribution in [0, 0.1) is 160 Å². The average molecular weight is 652 g/mol. The largest absolute Gasteiger partial charge is 0.391 e. The lowest BCUT2D eigenvalue weighted by Gasteiger charge is -2.44. The molecule has 1 aliphatic heterocycles.